The van der Waals surface area contributed by atoms with Gasteiger partial charge in [0.05, 0.1) is 12.0 Å². The maximum atomic E-state index is 12.6. The monoisotopic (exact) mass is 262 g/mol. The van der Waals surface area contributed by atoms with Gasteiger partial charge in [0.15, 0.2) is 0 Å². The van der Waals surface area contributed by atoms with Crippen LogP contribution in [0.1, 0.15) is 32.6 Å². The maximum Gasteiger partial charge on any atom is 0.391 e. The van der Waals surface area contributed by atoms with E-state index in [9.17, 15) is 18.0 Å². The summed E-state index contributed by atoms with van der Waals surface area (Å²) in [5, 5.41) is 8.71. The highest BCUT2D eigenvalue weighted by molar-refractivity contribution is 5.79. The number of hydrogen-bond donors (Lipinski definition) is 0. The Kier molecular flexibility index (Phi) is 4.60. The summed E-state index contributed by atoms with van der Waals surface area (Å²) in [7, 11) is 1.47. The number of carbonyl (C=O) groups excluding carboxylic acids is 1. The number of hydrogen-bond acceptors (Lipinski definition) is 2. The number of amides is 1. The van der Waals surface area contributed by atoms with Crippen LogP contribution in [0, 0.1) is 23.2 Å². The molecule has 0 spiro atoms. The molecule has 1 fully saturated rings. The largest absolute Gasteiger partial charge is 0.391 e. The van der Waals surface area contributed by atoms with Crippen molar-refractivity contribution in [2.45, 2.75) is 44.8 Å². The van der Waals surface area contributed by atoms with Crippen LogP contribution < -0.4 is 0 Å². The van der Waals surface area contributed by atoms with Crippen molar-refractivity contribution in [2.75, 3.05) is 7.05 Å². The molecule has 0 aromatic rings. The lowest BCUT2D eigenvalue weighted by molar-refractivity contribution is -0.187. The standard InChI is InChI=1S/C12H17F3N2O/c1-8(7-16)17(2)11(18)9-4-3-5-10(6-9)12(13,14)15/h8-10H,3-6H2,1-2H3. The van der Waals surface area contributed by atoms with Crippen molar-refractivity contribution in [1.29, 1.82) is 5.26 Å². The van der Waals surface area contributed by atoms with E-state index in [2.05, 4.69) is 0 Å². The predicted octanol–water partition coefficient (Wildman–Crippen LogP) is 2.73. The van der Waals surface area contributed by atoms with Gasteiger partial charge in [-0.3, -0.25) is 4.79 Å². The summed E-state index contributed by atoms with van der Waals surface area (Å²) in [5.41, 5.74) is 0. The second-order valence-corrected chi connectivity index (χ2v) is 4.86. The molecule has 0 bridgehead atoms. The highest BCUT2D eigenvalue weighted by atomic mass is 19.4. The smallest absolute Gasteiger partial charge is 0.330 e. The van der Waals surface area contributed by atoms with Gasteiger partial charge in [-0.15, -0.1) is 0 Å². The van der Waals surface area contributed by atoms with Gasteiger partial charge in [-0.25, -0.2) is 0 Å². The first kappa shape index (κ1) is 14.8. The van der Waals surface area contributed by atoms with Gasteiger partial charge in [-0.1, -0.05) is 6.42 Å². The van der Waals surface area contributed by atoms with E-state index in [0.29, 0.717) is 12.8 Å². The average Bonchev–Trinajstić information content (AvgIpc) is 2.35. The first-order chi connectivity index (χ1) is 8.27. The zero-order chi connectivity index (χ0) is 13.9. The summed E-state index contributed by atoms with van der Waals surface area (Å²) in [6, 6.07) is 1.30. The number of rotatable bonds is 2. The molecule has 0 saturated heterocycles. The van der Waals surface area contributed by atoms with Gasteiger partial charge >= 0.3 is 6.18 Å². The van der Waals surface area contributed by atoms with Crippen LogP contribution in [0.5, 0.6) is 0 Å². The van der Waals surface area contributed by atoms with E-state index in [-0.39, 0.29) is 18.7 Å². The van der Waals surface area contributed by atoms with Crippen LogP contribution in [0.15, 0.2) is 0 Å². The molecule has 3 atom stereocenters. The Labute approximate surface area is 105 Å². The average molecular weight is 262 g/mol. The van der Waals surface area contributed by atoms with E-state index < -0.39 is 24.1 Å². The summed E-state index contributed by atoms with van der Waals surface area (Å²) in [6.45, 7) is 1.56. The summed E-state index contributed by atoms with van der Waals surface area (Å²) in [6.07, 6.45) is -3.38. The minimum atomic E-state index is -4.22. The minimum absolute atomic E-state index is 0.102. The van der Waals surface area contributed by atoms with Crippen molar-refractivity contribution in [1.82, 2.24) is 4.90 Å². The molecule has 1 saturated carbocycles. The Morgan fingerprint density at radius 2 is 2.06 bits per heavy atom. The third kappa shape index (κ3) is 3.37. The summed E-state index contributed by atoms with van der Waals surface area (Å²) < 4.78 is 37.9. The van der Waals surface area contributed by atoms with Gasteiger partial charge in [0.1, 0.15) is 6.04 Å². The quantitative estimate of drug-likeness (QED) is 0.768. The maximum absolute atomic E-state index is 12.6. The highest BCUT2D eigenvalue weighted by Crippen LogP contribution is 2.40. The molecule has 1 rings (SSSR count). The number of nitrogens with zero attached hydrogens (tertiary/aromatic N) is 2. The van der Waals surface area contributed by atoms with Crippen molar-refractivity contribution in [3.05, 3.63) is 0 Å². The molecule has 3 unspecified atom stereocenters. The molecule has 0 aliphatic heterocycles. The van der Waals surface area contributed by atoms with Crippen molar-refractivity contribution in [3.8, 4) is 6.07 Å². The van der Waals surface area contributed by atoms with Gasteiger partial charge in [0, 0.05) is 13.0 Å². The summed E-state index contributed by atoms with van der Waals surface area (Å²) >= 11 is 0. The molecular formula is C12H17F3N2O. The van der Waals surface area contributed by atoms with Crippen LogP contribution >= 0.6 is 0 Å². The molecule has 0 radical (unpaired) electrons. The third-order valence-corrected chi connectivity index (χ3v) is 3.60. The first-order valence-electron chi connectivity index (χ1n) is 6.00. The molecule has 0 aromatic heterocycles. The minimum Gasteiger partial charge on any atom is -0.330 e. The molecule has 3 nitrogen and oxygen atoms in total. The Morgan fingerprint density at radius 3 is 2.56 bits per heavy atom. The molecule has 6 heteroatoms. The van der Waals surface area contributed by atoms with Crippen molar-refractivity contribution >= 4 is 5.91 Å². The fourth-order valence-corrected chi connectivity index (χ4v) is 2.28. The van der Waals surface area contributed by atoms with E-state index >= 15 is 0 Å². The van der Waals surface area contributed by atoms with Crippen LogP contribution in [0.3, 0.4) is 0 Å². The van der Waals surface area contributed by atoms with Crippen LogP contribution in [0.2, 0.25) is 0 Å². The zero-order valence-electron chi connectivity index (χ0n) is 10.5. The van der Waals surface area contributed by atoms with E-state index in [1.54, 1.807) is 6.92 Å². The number of alkyl halides is 3. The second kappa shape index (κ2) is 5.59. The Morgan fingerprint density at radius 1 is 1.44 bits per heavy atom. The zero-order valence-corrected chi connectivity index (χ0v) is 10.5. The predicted molar refractivity (Wildman–Crippen MR) is 59.3 cm³/mol. The lowest BCUT2D eigenvalue weighted by atomic mass is 9.80. The van der Waals surface area contributed by atoms with E-state index in [4.69, 9.17) is 5.26 Å². The normalized spacial score (nSPS) is 26.2. The lowest BCUT2D eigenvalue weighted by Crippen LogP contribution is -2.41. The third-order valence-electron chi connectivity index (χ3n) is 3.60. The van der Waals surface area contributed by atoms with Crippen LogP contribution in [-0.4, -0.2) is 30.1 Å². The Bertz CT molecular complexity index is 348. The van der Waals surface area contributed by atoms with Crippen LogP contribution in [-0.2, 0) is 4.79 Å². The lowest BCUT2D eigenvalue weighted by Gasteiger charge is -2.32. The SMILES string of the molecule is CC(C#N)N(C)C(=O)C1CCCC(C(F)(F)F)C1. The summed E-state index contributed by atoms with van der Waals surface area (Å²) in [5.74, 6) is -2.34. The van der Waals surface area contributed by atoms with Gasteiger partial charge in [-0.2, -0.15) is 18.4 Å². The number of carbonyl (C=O) groups is 1. The molecule has 18 heavy (non-hydrogen) atoms. The van der Waals surface area contributed by atoms with Crippen molar-refractivity contribution < 1.29 is 18.0 Å². The fraction of sp³-hybridized carbons (Fsp3) is 0.833. The van der Waals surface area contributed by atoms with E-state index in [0.717, 1.165) is 0 Å². The van der Waals surface area contributed by atoms with Gasteiger partial charge < -0.3 is 4.90 Å². The van der Waals surface area contributed by atoms with E-state index in [1.807, 2.05) is 6.07 Å². The van der Waals surface area contributed by atoms with Crippen LogP contribution in [0.4, 0.5) is 13.2 Å². The fourth-order valence-electron chi connectivity index (χ4n) is 2.28. The number of halogens is 3. The molecule has 0 heterocycles. The van der Waals surface area contributed by atoms with Crippen molar-refractivity contribution in [3.63, 3.8) is 0 Å². The number of nitriles is 1. The Balaban J connectivity index is 2.67. The molecule has 102 valence electrons. The molecule has 0 aromatic carbocycles. The summed E-state index contributed by atoms with van der Waals surface area (Å²) in [4.78, 5) is 13.2. The topological polar surface area (TPSA) is 44.1 Å². The molecule has 1 aliphatic rings. The highest BCUT2D eigenvalue weighted by Gasteiger charge is 2.44. The Hall–Kier alpha value is -1.25. The van der Waals surface area contributed by atoms with Crippen molar-refractivity contribution in [2.24, 2.45) is 11.8 Å². The molecular weight excluding hydrogens is 245 g/mol. The van der Waals surface area contributed by atoms with Crippen LogP contribution in [0.25, 0.3) is 0 Å². The molecule has 0 N–H and O–H groups in total. The van der Waals surface area contributed by atoms with Gasteiger partial charge in [-0.05, 0) is 26.2 Å². The molecule has 1 aliphatic carbocycles. The van der Waals surface area contributed by atoms with Gasteiger partial charge in [0.25, 0.3) is 0 Å². The molecule has 1 amide bonds. The van der Waals surface area contributed by atoms with Gasteiger partial charge in [0.2, 0.25) is 5.91 Å². The second-order valence-electron chi connectivity index (χ2n) is 4.86. The first-order valence-corrected chi connectivity index (χ1v) is 6.00. The van der Waals surface area contributed by atoms with E-state index in [1.165, 1.54) is 11.9 Å².